The highest BCUT2D eigenvalue weighted by molar-refractivity contribution is 6.11. The van der Waals surface area contributed by atoms with E-state index in [2.05, 4.69) is 27.4 Å². The number of carbonyl (C=O) groups excluding carboxylic acids is 2. The third-order valence-corrected chi connectivity index (χ3v) is 6.19. The summed E-state index contributed by atoms with van der Waals surface area (Å²) in [7, 11) is 3.18. The fourth-order valence-corrected chi connectivity index (χ4v) is 4.20. The van der Waals surface area contributed by atoms with Crippen molar-refractivity contribution < 1.29 is 27.8 Å². The molecule has 2 heterocycles. The van der Waals surface area contributed by atoms with Crippen molar-refractivity contribution in [2.75, 3.05) is 42.8 Å². The molecule has 0 aliphatic carbocycles. The van der Waals surface area contributed by atoms with Crippen LogP contribution in [0.1, 0.15) is 28.0 Å². The predicted octanol–water partition coefficient (Wildman–Crippen LogP) is 4.43. The maximum absolute atomic E-state index is 13.7. The van der Waals surface area contributed by atoms with Gasteiger partial charge < -0.3 is 25.0 Å². The molecule has 2 aromatic carbocycles. The molecule has 9 nitrogen and oxygen atoms in total. The SMILES string of the molecule is C=CC(=O)Nc1cc(N2CCC(F)(F)C2)ccc1C(=O)Nc1cc(CCc2cc(OC)cc(OC)c2)n[nH]1. The zero-order valence-electron chi connectivity index (χ0n) is 21.1. The Morgan fingerprint density at radius 2 is 1.84 bits per heavy atom. The maximum atomic E-state index is 13.7. The largest absolute Gasteiger partial charge is 0.497 e. The molecule has 4 rings (SSSR count). The van der Waals surface area contributed by atoms with Gasteiger partial charge in [0.1, 0.15) is 17.3 Å². The average Bonchev–Trinajstić information content (AvgIpc) is 3.52. The Labute approximate surface area is 218 Å². The molecule has 3 aromatic rings. The van der Waals surface area contributed by atoms with Crippen LogP contribution in [0.5, 0.6) is 11.5 Å². The number of hydrogen-bond donors (Lipinski definition) is 3. The van der Waals surface area contributed by atoms with Gasteiger partial charge in [0.05, 0.1) is 37.7 Å². The summed E-state index contributed by atoms with van der Waals surface area (Å²) in [6.07, 6.45) is 2.08. The third kappa shape index (κ3) is 6.47. The van der Waals surface area contributed by atoms with E-state index in [9.17, 15) is 18.4 Å². The van der Waals surface area contributed by atoms with Crippen molar-refractivity contribution in [3.05, 3.63) is 71.9 Å². The minimum absolute atomic E-state index is 0.162. The first-order valence-electron chi connectivity index (χ1n) is 12.0. The van der Waals surface area contributed by atoms with Crippen molar-refractivity contribution in [3.8, 4) is 11.5 Å². The van der Waals surface area contributed by atoms with Gasteiger partial charge >= 0.3 is 0 Å². The lowest BCUT2D eigenvalue weighted by molar-refractivity contribution is -0.111. The molecule has 1 fully saturated rings. The van der Waals surface area contributed by atoms with Crippen LogP contribution in [0.15, 0.2) is 55.1 Å². The number of rotatable bonds is 10. The molecule has 2 amide bonds. The number of anilines is 3. The molecule has 1 saturated heterocycles. The summed E-state index contributed by atoms with van der Waals surface area (Å²) in [5, 5.41) is 12.4. The van der Waals surface area contributed by atoms with Crippen LogP contribution in [0, 0.1) is 0 Å². The number of methoxy groups -OCH3 is 2. The number of alkyl halides is 2. The van der Waals surface area contributed by atoms with Gasteiger partial charge in [-0.25, -0.2) is 8.78 Å². The van der Waals surface area contributed by atoms with Gasteiger partial charge in [0, 0.05) is 30.8 Å². The Bertz CT molecular complexity index is 1320. The second kappa shape index (κ2) is 11.3. The van der Waals surface area contributed by atoms with E-state index in [1.54, 1.807) is 32.4 Å². The minimum Gasteiger partial charge on any atom is -0.497 e. The molecule has 1 aliphatic heterocycles. The van der Waals surface area contributed by atoms with Crippen LogP contribution in [0.4, 0.5) is 26.0 Å². The van der Waals surface area contributed by atoms with Crippen LogP contribution in [-0.2, 0) is 17.6 Å². The number of halogens is 2. The van der Waals surface area contributed by atoms with Crippen molar-refractivity contribution in [1.29, 1.82) is 0 Å². The smallest absolute Gasteiger partial charge is 0.266 e. The van der Waals surface area contributed by atoms with Gasteiger partial charge in [0.15, 0.2) is 0 Å². The number of nitrogens with one attached hydrogen (secondary N) is 3. The van der Waals surface area contributed by atoms with Crippen molar-refractivity contribution in [2.45, 2.75) is 25.2 Å². The van der Waals surface area contributed by atoms with Crippen LogP contribution >= 0.6 is 0 Å². The first-order valence-corrected chi connectivity index (χ1v) is 12.0. The molecule has 3 N–H and O–H groups in total. The van der Waals surface area contributed by atoms with E-state index >= 15 is 0 Å². The summed E-state index contributed by atoms with van der Waals surface area (Å²) in [6, 6.07) is 11.9. The van der Waals surface area contributed by atoms with E-state index in [4.69, 9.17) is 9.47 Å². The molecule has 0 unspecified atom stereocenters. The topological polar surface area (TPSA) is 109 Å². The highest BCUT2D eigenvalue weighted by Gasteiger charge is 2.38. The fraction of sp³-hybridized carbons (Fsp3) is 0.296. The highest BCUT2D eigenvalue weighted by Crippen LogP contribution is 2.33. The number of carbonyl (C=O) groups is 2. The Kier molecular flexibility index (Phi) is 7.94. The van der Waals surface area contributed by atoms with Crippen LogP contribution < -0.4 is 25.0 Å². The molecule has 38 heavy (non-hydrogen) atoms. The Morgan fingerprint density at radius 3 is 2.47 bits per heavy atom. The first kappa shape index (κ1) is 26.6. The summed E-state index contributed by atoms with van der Waals surface area (Å²) < 4.78 is 38.0. The van der Waals surface area contributed by atoms with Gasteiger partial charge in [-0.15, -0.1) is 0 Å². The number of nitrogens with zero attached hydrogens (tertiary/aromatic N) is 2. The number of benzene rings is 2. The van der Waals surface area contributed by atoms with E-state index in [1.165, 1.54) is 17.0 Å². The number of aromatic amines is 1. The van der Waals surface area contributed by atoms with Gasteiger partial charge in [-0.1, -0.05) is 6.58 Å². The molecule has 0 bridgehead atoms. The fourth-order valence-electron chi connectivity index (χ4n) is 4.20. The van der Waals surface area contributed by atoms with Gasteiger partial charge in [0.25, 0.3) is 11.8 Å². The molecular weight excluding hydrogens is 496 g/mol. The number of amides is 2. The zero-order valence-corrected chi connectivity index (χ0v) is 21.1. The molecule has 1 aromatic heterocycles. The Hall–Kier alpha value is -4.41. The van der Waals surface area contributed by atoms with Crippen molar-refractivity contribution in [3.63, 3.8) is 0 Å². The lowest BCUT2D eigenvalue weighted by Gasteiger charge is -2.20. The van der Waals surface area contributed by atoms with Crippen molar-refractivity contribution >= 4 is 29.0 Å². The summed E-state index contributed by atoms with van der Waals surface area (Å²) in [6.45, 7) is 3.18. The molecule has 0 radical (unpaired) electrons. The molecular formula is C27H29F2N5O4. The molecule has 0 atom stereocenters. The number of ether oxygens (including phenoxy) is 2. The zero-order chi connectivity index (χ0) is 27.3. The summed E-state index contributed by atoms with van der Waals surface area (Å²) in [5.74, 6) is -2.05. The summed E-state index contributed by atoms with van der Waals surface area (Å²) in [4.78, 5) is 26.6. The normalized spacial score (nSPS) is 14.2. The third-order valence-electron chi connectivity index (χ3n) is 6.19. The minimum atomic E-state index is -2.78. The van der Waals surface area contributed by atoms with Gasteiger partial charge in [-0.2, -0.15) is 5.10 Å². The van der Waals surface area contributed by atoms with E-state index in [0.717, 1.165) is 17.3 Å². The monoisotopic (exact) mass is 525 g/mol. The van der Waals surface area contributed by atoms with Crippen LogP contribution in [0.3, 0.4) is 0 Å². The highest BCUT2D eigenvalue weighted by atomic mass is 19.3. The standard InChI is InChI=1S/C27H29F2N5O4/c1-4-25(35)30-23-14-19(34-10-9-27(28,29)16-34)7-8-22(23)26(36)31-24-13-18(32-33-24)6-5-17-11-20(37-2)15-21(12-17)38-3/h4,7-8,11-15H,1,5-6,9-10,16H2,2-3H3,(H,30,35)(H2,31,32,33,36). The number of aromatic nitrogens is 2. The van der Waals surface area contributed by atoms with Crippen LogP contribution in [0.2, 0.25) is 0 Å². The Balaban J connectivity index is 1.46. The molecule has 0 saturated carbocycles. The van der Waals surface area contributed by atoms with E-state index in [-0.39, 0.29) is 24.2 Å². The van der Waals surface area contributed by atoms with E-state index in [0.29, 0.717) is 35.8 Å². The van der Waals surface area contributed by atoms with E-state index in [1.807, 2.05) is 12.1 Å². The molecule has 11 heteroatoms. The average molecular weight is 526 g/mol. The molecule has 200 valence electrons. The van der Waals surface area contributed by atoms with Gasteiger partial charge in [-0.3, -0.25) is 14.7 Å². The lowest BCUT2D eigenvalue weighted by atomic mass is 10.1. The molecule has 0 spiro atoms. The quantitative estimate of drug-likeness (QED) is 0.338. The Morgan fingerprint density at radius 1 is 1.11 bits per heavy atom. The van der Waals surface area contributed by atoms with Gasteiger partial charge in [-0.05, 0) is 54.8 Å². The molecule has 1 aliphatic rings. The second-order valence-corrected chi connectivity index (χ2v) is 8.90. The summed E-state index contributed by atoms with van der Waals surface area (Å²) >= 11 is 0. The number of H-pyrrole nitrogens is 1. The van der Waals surface area contributed by atoms with Crippen LogP contribution in [0.25, 0.3) is 0 Å². The van der Waals surface area contributed by atoms with Crippen LogP contribution in [-0.4, -0.2) is 55.2 Å². The second-order valence-electron chi connectivity index (χ2n) is 8.90. The number of aryl methyl sites for hydroxylation is 2. The first-order chi connectivity index (χ1) is 18.2. The number of hydrogen-bond acceptors (Lipinski definition) is 6. The lowest BCUT2D eigenvalue weighted by Crippen LogP contribution is -2.25. The van der Waals surface area contributed by atoms with Gasteiger partial charge in [0.2, 0.25) is 5.91 Å². The van der Waals surface area contributed by atoms with E-state index < -0.39 is 24.3 Å². The summed E-state index contributed by atoms with van der Waals surface area (Å²) in [5.41, 5.74) is 2.57. The predicted molar refractivity (Wildman–Crippen MR) is 141 cm³/mol. The van der Waals surface area contributed by atoms with Crippen molar-refractivity contribution in [1.82, 2.24) is 10.2 Å². The maximum Gasteiger partial charge on any atom is 0.266 e. The van der Waals surface area contributed by atoms with Crippen molar-refractivity contribution in [2.24, 2.45) is 0 Å².